The SMILES string of the molecule is CS(=O)(=O)c1ccc(Cl)c(C(=O)O[C@@H]2CCOC2=O)c1. The van der Waals surface area contributed by atoms with Crippen LogP contribution in [-0.2, 0) is 24.1 Å². The first-order valence-electron chi connectivity index (χ1n) is 5.66. The molecule has 0 bridgehead atoms. The Morgan fingerprint density at radius 2 is 2.15 bits per heavy atom. The summed E-state index contributed by atoms with van der Waals surface area (Å²) in [5.74, 6) is -1.47. The molecule has 1 aliphatic rings. The van der Waals surface area contributed by atoms with Crippen LogP contribution >= 0.6 is 11.6 Å². The molecular formula is C12H11ClO6S. The van der Waals surface area contributed by atoms with Gasteiger partial charge in [0, 0.05) is 12.7 Å². The van der Waals surface area contributed by atoms with Crippen LogP contribution in [0.3, 0.4) is 0 Å². The highest BCUT2D eigenvalue weighted by Gasteiger charge is 2.31. The van der Waals surface area contributed by atoms with Crippen LogP contribution in [0.15, 0.2) is 23.1 Å². The number of hydrogen-bond donors (Lipinski definition) is 0. The maximum absolute atomic E-state index is 11.9. The predicted molar refractivity (Wildman–Crippen MR) is 69.3 cm³/mol. The lowest BCUT2D eigenvalue weighted by molar-refractivity contribution is -0.145. The summed E-state index contributed by atoms with van der Waals surface area (Å²) >= 11 is 5.85. The number of benzene rings is 1. The molecule has 1 aliphatic heterocycles. The zero-order valence-electron chi connectivity index (χ0n) is 10.5. The second-order valence-corrected chi connectivity index (χ2v) is 6.69. The number of rotatable bonds is 3. The lowest BCUT2D eigenvalue weighted by Crippen LogP contribution is -2.23. The summed E-state index contributed by atoms with van der Waals surface area (Å²) in [4.78, 5) is 23.1. The van der Waals surface area contributed by atoms with Crippen LogP contribution in [0.2, 0.25) is 5.02 Å². The average Bonchev–Trinajstić information content (AvgIpc) is 2.74. The Bertz CT molecular complexity index is 667. The van der Waals surface area contributed by atoms with Crippen molar-refractivity contribution in [2.45, 2.75) is 17.4 Å². The molecule has 1 saturated heterocycles. The molecule has 1 heterocycles. The van der Waals surface area contributed by atoms with E-state index >= 15 is 0 Å². The lowest BCUT2D eigenvalue weighted by atomic mass is 10.2. The van der Waals surface area contributed by atoms with Gasteiger partial charge in [0.1, 0.15) is 0 Å². The summed E-state index contributed by atoms with van der Waals surface area (Å²) in [6.45, 7) is 0.188. The molecule has 0 N–H and O–H groups in total. The van der Waals surface area contributed by atoms with E-state index in [1.807, 2.05) is 0 Å². The van der Waals surface area contributed by atoms with Crippen LogP contribution in [0.25, 0.3) is 0 Å². The fourth-order valence-electron chi connectivity index (χ4n) is 1.67. The van der Waals surface area contributed by atoms with Gasteiger partial charge in [0.25, 0.3) is 0 Å². The highest BCUT2D eigenvalue weighted by Crippen LogP contribution is 2.23. The second-order valence-electron chi connectivity index (χ2n) is 4.26. The molecule has 8 heteroatoms. The first-order valence-corrected chi connectivity index (χ1v) is 7.93. The molecule has 0 spiro atoms. The summed E-state index contributed by atoms with van der Waals surface area (Å²) in [5.41, 5.74) is -0.103. The number of carbonyl (C=O) groups excluding carboxylic acids is 2. The number of halogens is 1. The Kier molecular flexibility index (Phi) is 4.01. The minimum atomic E-state index is -3.47. The van der Waals surface area contributed by atoms with Crippen molar-refractivity contribution >= 4 is 33.4 Å². The molecule has 0 unspecified atom stereocenters. The molecule has 1 aromatic rings. The summed E-state index contributed by atoms with van der Waals surface area (Å²) in [6.07, 6.45) is 0.314. The number of carbonyl (C=O) groups is 2. The van der Waals surface area contributed by atoms with Crippen molar-refractivity contribution in [2.24, 2.45) is 0 Å². The molecular weight excluding hydrogens is 308 g/mol. The Labute approximate surface area is 120 Å². The smallest absolute Gasteiger partial charge is 0.347 e. The third kappa shape index (κ3) is 3.10. The molecule has 0 radical (unpaired) electrons. The van der Waals surface area contributed by atoms with E-state index in [4.69, 9.17) is 16.3 Å². The molecule has 20 heavy (non-hydrogen) atoms. The van der Waals surface area contributed by atoms with Gasteiger partial charge >= 0.3 is 11.9 Å². The fraction of sp³-hybridized carbons (Fsp3) is 0.333. The molecule has 0 aromatic heterocycles. The van der Waals surface area contributed by atoms with Gasteiger partial charge in [0.05, 0.1) is 22.1 Å². The number of cyclic esters (lactones) is 1. The molecule has 0 aliphatic carbocycles. The van der Waals surface area contributed by atoms with Gasteiger partial charge in [-0.2, -0.15) is 0 Å². The van der Waals surface area contributed by atoms with Crippen LogP contribution in [0.1, 0.15) is 16.8 Å². The average molecular weight is 319 g/mol. The summed E-state index contributed by atoms with van der Waals surface area (Å²) in [7, 11) is -3.47. The minimum absolute atomic E-state index is 0.0498. The van der Waals surface area contributed by atoms with E-state index in [0.29, 0.717) is 0 Å². The van der Waals surface area contributed by atoms with Gasteiger partial charge in [-0.15, -0.1) is 0 Å². The topological polar surface area (TPSA) is 86.7 Å². The Morgan fingerprint density at radius 1 is 1.45 bits per heavy atom. The normalized spacial score (nSPS) is 18.7. The van der Waals surface area contributed by atoms with Gasteiger partial charge in [-0.3, -0.25) is 0 Å². The van der Waals surface area contributed by atoms with Crippen molar-refractivity contribution in [3.05, 3.63) is 28.8 Å². The van der Waals surface area contributed by atoms with E-state index in [9.17, 15) is 18.0 Å². The zero-order valence-corrected chi connectivity index (χ0v) is 12.0. The van der Waals surface area contributed by atoms with Crippen molar-refractivity contribution in [3.8, 4) is 0 Å². The number of esters is 2. The molecule has 2 rings (SSSR count). The minimum Gasteiger partial charge on any atom is -0.463 e. The van der Waals surface area contributed by atoms with Crippen LogP contribution < -0.4 is 0 Å². The Morgan fingerprint density at radius 3 is 2.70 bits per heavy atom. The second kappa shape index (κ2) is 5.41. The summed E-state index contributed by atoms with van der Waals surface area (Å²) in [5, 5.41) is 0.0498. The van der Waals surface area contributed by atoms with Crippen molar-refractivity contribution in [3.63, 3.8) is 0 Å². The first kappa shape index (κ1) is 14.8. The molecule has 0 amide bonds. The fourth-order valence-corrected chi connectivity index (χ4v) is 2.51. The van der Waals surface area contributed by atoms with Crippen molar-refractivity contribution < 1.29 is 27.5 Å². The van der Waals surface area contributed by atoms with Gasteiger partial charge in [0.15, 0.2) is 9.84 Å². The van der Waals surface area contributed by atoms with E-state index in [2.05, 4.69) is 4.74 Å². The van der Waals surface area contributed by atoms with Crippen LogP contribution in [-0.4, -0.2) is 39.3 Å². The number of sulfone groups is 1. The Balaban J connectivity index is 2.27. The van der Waals surface area contributed by atoms with E-state index in [1.165, 1.54) is 12.1 Å². The highest BCUT2D eigenvalue weighted by atomic mass is 35.5. The predicted octanol–water partition coefficient (Wildman–Crippen LogP) is 1.22. The van der Waals surface area contributed by atoms with E-state index < -0.39 is 27.9 Å². The summed E-state index contributed by atoms with van der Waals surface area (Å²) in [6, 6.07) is 3.71. The van der Waals surface area contributed by atoms with Gasteiger partial charge < -0.3 is 9.47 Å². The van der Waals surface area contributed by atoms with Gasteiger partial charge in [-0.1, -0.05) is 11.6 Å². The molecule has 1 atom stereocenters. The van der Waals surface area contributed by atoms with Crippen molar-refractivity contribution in [1.29, 1.82) is 0 Å². The summed E-state index contributed by atoms with van der Waals surface area (Å²) < 4.78 is 32.5. The van der Waals surface area contributed by atoms with Crippen LogP contribution in [0, 0.1) is 0 Å². The van der Waals surface area contributed by atoms with Crippen LogP contribution in [0.4, 0.5) is 0 Å². The number of hydrogen-bond acceptors (Lipinski definition) is 6. The lowest BCUT2D eigenvalue weighted by Gasteiger charge is -2.10. The van der Waals surface area contributed by atoms with Crippen molar-refractivity contribution in [2.75, 3.05) is 12.9 Å². The largest absolute Gasteiger partial charge is 0.463 e. The van der Waals surface area contributed by atoms with E-state index in [1.54, 1.807) is 0 Å². The van der Waals surface area contributed by atoms with Crippen molar-refractivity contribution in [1.82, 2.24) is 0 Å². The number of ether oxygens (including phenoxy) is 2. The van der Waals surface area contributed by atoms with Gasteiger partial charge in [0.2, 0.25) is 6.10 Å². The van der Waals surface area contributed by atoms with E-state index in [-0.39, 0.29) is 28.5 Å². The molecule has 1 aromatic carbocycles. The molecule has 0 saturated carbocycles. The third-order valence-electron chi connectivity index (χ3n) is 2.72. The highest BCUT2D eigenvalue weighted by molar-refractivity contribution is 7.90. The molecule has 1 fully saturated rings. The standard InChI is InChI=1S/C12H11ClO6S/c1-20(16,17)7-2-3-9(13)8(6-7)11(14)19-10-4-5-18-12(10)15/h2-3,6,10H,4-5H2,1H3/t10-/m1/s1. The Hall–Kier alpha value is -1.60. The molecule has 6 nitrogen and oxygen atoms in total. The quantitative estimate of drug-likeness (QED) is 0.779. The van der Waals surface area contributed by atoms with Gasteiger partial charge in [-0.05, 0) is 18.2 Å². The maximum Gasteiger partial charge on any atom is 0.347 e. The third-order valence-corrected chi connectivity index (χ3v) is 4.16. The van der Waals surface area contributed by atoms with Gasteiger partial charge in [-0.25, -0.2) is 18.0 Å². The van der Waals surface area contributed by atoms with Crippen LogP contribution in [0.5, 0.6) is 0 Å². The van der Waals surface area contributed by atoms with E-state index in [0.717, 1.165) is 12.3 Å². The molecule has 108 valence electrons. The monoisotopic (exact) mass is 318 g/mol. The zero-order chi connectivity index (χ0) is 14.9. The first-order chi connectivity index (χ1) is 9.29. The maximum atomic E-state index is 11.9.